The van der Waals surface area contributed by atoms with Gasteiger partial charge in [0.1, 0.15) is 22.6 Å². The van der Waals surface area contributed by atoms with Crippen LogP contribution in [0.2, 0.25) is 0 Å². The van der Waals surface area contributed by atoms with Gasteiger partial charge in [0.2, 0.25) is 11.2 Å². The van der Waals surface area contributed by atoms with Crippen LogP contribution in [-0.2, 0) is 6.18 Å². The Bertz CT molecular complexity index is 1530. The zero-order valence-corrected chi connectivity index (χ0v) is 17.8. The number of rotatable bonds is 5. The molecule has 0 unspecified atom stereocenters. The third kappa shape index (κ3) is 4.43. The number of carbonyl (C=O) groups excluding carboxylic acids is 1. The fraction of sp³-hybridized carbons (Fsp3) is 0.0833. The van der Waals surface area contributed by atoms with Crippen LogP contribution in [0.15, 0.2) is 75.9 Å². The second-order valence-electron chi connectivity index (χ2n) is 7.16. The summed E-state index contributed by atoms with van der Waals surface area (Å²) in [5.74, 6) is -2.90. The molecule has 35 heavy (non-hydrogen) atoms. The number of esters is 1. The average Bonchev–Trinajstić information content (AvgIpc) is 2.83. The Kier molecular flexibility index (Phi) is 6.00. The van der Waals surface area contributed by atoms with Crippen molar-refractivity contribution >= 4 is 22.6 Å². The second kappa shape index (κ2) is 8.93. The number of carbonyl (C=O) groups is 1. The number of ether oxygens (including phenoxy) is 2. The third-order valence-corrected chi connectivity index (χ3v) is 5.03. The van der Waals surface area contributed by atoms with Crippen molar-refractivity contribution in [3.63, 3.8) is 0 Å². The Morgan fingerprint density at radius 2 is 1.71 bits per heavy atom. The summed E-state index contributed by atoms with van der Waals surface area (Å²) in [6.07, 6.45) is -5.04. The van der Waals surface area contributed by atoms with Gasteiger partial charge in [0.25, 0.3) is 5.69 Å². The van der Waals surface area contributed by atoms with Gasteiger partial charge in [0.05, 0.1) is 23.0 Å². The number of nitro benzene ring substituents is 1. The highest BCUT2D eigenvalue weighted by molar-refractivity contribution is 5.95. The number of para-hydroxylation sites is 2. The van der Waals surface area contributed by atoms with Crippen molar-refractivity contribution < 1.29 is 36.8 Å². The topological polar surface area (TPSA) is 109 Å². The average molecular weight is 485 g/mol. The first-order chi connectivity index (χ1) is 16.6. The first-order valence-electron chi connectivity index (χ1n) is 9.89. The molecular formula is C24H14F3NO7. The van der Waals surface area contributed by atoms with Crippen LogP contribution in [0.5, 0.6) is 11.5 Å². The summed E-state index contributed by atoms with van der Waals surface area (Å²) >= 11 is 0. The van der Waals surface area contributed by atoms with E-state index in [9.17, 15) is 32.9 Å². The molecule has 0 aliphatic heterocycles. The maximum Gasteiger partial charge on any atom is 0.450 e. The molecule has 0 aliphatic carbocycles. The maximum atomic E-state index is 13.9. The summed E-state index contributed by atoms with van der Waals surface area (Å²) in [7, 11) is 1.26. The van der Waals surface area contributed by atoms with Gasteiger partial charge in [0, 0.05) is 17.7 Å². The summed E-state index contributed by atoms with van der Waals surface area (Å²) in [6, 6.07) is 14.0. The number of halogens is 3. The Morgan fingerprint density at radius 1 is 1.03 bits per heavy atom. The number of hydrogen-bond acceptors (Lipinski definition) is 7. The number of nitro groups is 1. The van der Waals surface area contributed by atoms with Gasteiger partial charge in [-0.3, -0.25) is 14.9 Å². The van der Waals surface area contributed by atoms with Crippen LogP contribution in [0.4, 0.5) is 18.9 Å². The minimum Gasteiger partial charge on any atom is -0.496 e. The summed E-state index contributed by atoms with van der Waals surface area (Å²) < 4.78 is 57.0. The highest BCUT2D eigenvalue weighted by atomic mass is 19.4. The van der Waals surface area contributed by atoms with E-state index in [-0.39, 0.29) is 28.0 Å². The smallest absolute Gasteiger partial charge is 0.450 e. The Balaban J connectivity index is 1.84. The van der Waals surface area contributed by atoms with E-state index in [2.05, 4.69) is 0 Å². The molecule has 1 aromatic heterocycles. The quantitative estimate of drug-likeness (QED) is 0.156. The van der Waals surface area contributed by atoms with Gasteiger partial charge in [-0.05, 0) is 24.3 Å². The first-order valence-corrected chi connectivity index (χ1v) is 9.89. The van der Waals surface area contributed by atoms with Crippen molar-refractivity contribution in [1.29, 1.82) is 0 Å². The highest BCUT2D eigenvalue weighted by Gasteiger charge is 2.40. The highest BCUT2D eigenvalue weighted by Crippen LogP contribution is 2.40. The molecule has 11 heteroatoms. The van der Waals surface area contributed by atoms with Crippen LogP contribution in [0, 0.1) is 10.1 Å². The third-order valence-electron chi connectivity index (χ3n) is 5.03. The van der Waals surface area contributed by atoms with E-state index in [1.165, 1.54) is 55.6 Å². The second-order valence-corrected chi connectivity index (χ2v) is 7.16. The monoisotopic (exact) mass is 485 g/mol. The molecule has 4 aromatic rings. The normalized spacial score (nSPS) is 11.3. The first kappa shape index (κ1) is 23.5. The predicted octanol–water partition coefficient (Wildman–Crippen LogP) is 5.61. The fourth-order valence-corrected chi connectivity index (χ4v) is 3.50. The van der Waals surface area contributed by atoms with Crippen molar-refractivity contribution in [2.75, 3.05) is 7.11 Å². The van der Waals surface area contributed by atoms with Crippen LogP contribution < -0.4 is 14.9 Å². The van der Waals surface area contributed by atoms with Crippen LogP contribution >= 0.6 is 0 Å². The Labute approximate surface area is 194 Å². The minimum atomic E-state index is -5.04. The van der Waals surface area contributed by atoms with Gasteiger partial charge in [-0.25, -0.2) is 4.79 Å². The van der Waals surface area contributed by atoms with Crippen LogP contribution in [0.3, 0.4) is 0 Å². The van der Waals surface area contributed by atoms with Gasteiger partial charge in [0.15, 0.2) is 0 Å². The van der Waals surface area contributed by atoms with E-state index >= 15 is 0 Å². The van der Waals surface area contributed by atoms with Gasteiger partial charge in [-0.1, -0.05) is 30.3 Å². The number of hydrogen-bond donors (Lipinski definition) is 0. The molecular weight excluding hydrogens is 471 g/mol. The van der Waals surface area contributed by atoms with Gasteiger partial charge in [-0.2, -0.15) is 13.2 Å². The lowest BCUT2D eigenvalue weighted by Gasteiger charge is -2.15. The SMILES string of the molecule is COc1ccccc1-c1c(C(F)(F)F)oc2cc(OC(=O)c3ccccc3[N+](=O)[O-])ccc2c1=O. The number of benzene rings is 3. The van der Waals surface area contributed by atoms with Gasteiger partial charge < -0.3 is 13.9 Å². The lowest BCUT2D eigenvalue weighted by molar-refractivity contribution is -0.385. The van der Waals surface area contributed by atoms with E-state index in [4.69, 9.17) is 13.9 Å². The molecule has 0 radical (unpaired) electrons. The number of alkyl halides is 3. The molecule has 0 amide bonds. The van der Waals surface area contributed by atoms with E-state index < -0.39 is 45.1 Å². The molecule has 0 aliphatic rings. The van der Waals surface area contributed by atoms with Crippen molar-refractivity contribution in [2.24, 2.45) is 0 Å². The van der Waals surface area contributed by atoms with E-state index in [1.807, 2.05) is 0 Å². The van der Waals surface area contributed by atoms with Crippen LogP contribution in [-0.4, -0.2) is 18.0 Å². The van der Waals surface area contributed by atoms with Crippen LogP contribution in [0.25, 0.3) is 22.1 Å². The standard InChI is InChI=1S/C24H14F3NO7/c1-33-18-9-5-3-7-15(18)20-21(29)16-11-10-13(12-19(16)35-22(20)24(25,26)27)34-23(30)14-6-2-4-8-17(14)28(31)32/h2-12H,1H3. The summed E-state index contributed by atoms with van der Waals surface area (Å²) in [6.45, 7) is 0. The number of methoxy groups -OCH3 is 1. The van der Waals surface area contributed by atoms with Crippen molar-refractivity contribution in [3.05, 3.63) is 98.4 Å². The molecule has 0 fully saturated rings. The van der Waals surface area contributed by atoms with E-state index in [1.54, 1.807) is 0 Å². The number of fused-ring (bicyclic) bond motifs is 1. The van der Waals surface area contributed by atoms with E-state index in [0.717, 1.165) is 18.2 Å². The van der Waals surface area contributed by atoms with Crippen molar-refractivity contribution in [1.82, 2.24) is 0 Å². The largest absolute Gasteiger partial charge is 0.496 e. The molecule has 0 saturated carbocycles. The zero-order chi connectivity index (χ0) is 25.3. The molecule has 3 aromatic carbocycles. The predicted molar refractivity (Wildman–Crippen MR) is 118 cm³/mol. The van der Waals surface area contributed by atoms with Gasteiger partial charge in [-0.15, -0.1) is 0 Å². The van der Waals surface area contributed by atoms with Crippen molar-refractivity contribution in [2.45, 2.75) is 6.18 Å². The molecule has 4 rings (SSSR count). The molecule has 0 atom stereocenters. The Morgan fingerprint density at radius 3 is 2.40 bits per heavy atom. The van der Waals surface area contributed by atoms with Crippen molar-refractivity contribution in [3.8, 4) is 22.6 Å². The maximum absolute atomic E-state index is 13.9. The summed E-state index contributed by atoms with van der Waals surface area (Å²) in [5.41, 5.74) is -3.17. The number of nitrogens with zero attached hydrogens (tertiary/aromatic N) is 1. The molecule has 178 valence electrons. The van der Waals surface area contributed by atoms with E-state index in [0.29, 0.717) is 0 Å². The zero-order valence-electron chi connectivity index (χ0n) is 17.8. The lowest BCUT2D eigenvalue weighted by Crippen LogP contribution is -2.16. The molecule has 0 saturated heterocycles. The summed E-state index contributed by atoms with van der Waals surface area (Å²) in [4.78, 5) is 36.0. The minimum absolute atomic E-state index is 0.0413. The molecule has 1 heterocycles. The fourth-order valence-electron chi connectivity index (χ4n) is 3.50. The Hall–Kier alpha value is -4.67. The summed E-state index contributed by atoms with van der Waals surface area (Å²) in [5, 5.41) is 10.9. The lowest BCUT2D eigenvalue weighted by atomic mass is 10.0. The molecule has 0 spiro atoms. The molecule has 8 nitrogen and oxygen atoms in total. The van der Waals surface area contributed by atoms with Crippen LogP contribution in [0.1, 0.15) is 16.1 Å². The van der Waals surface area contributed by atoms with Gasteiger partial charge >= 0.3 is 12.1 Å². The molecule has 0 bridgehead atoms. The molecule has 0 N–H and O–H groups in total.